The maximum absolute atomic E-state index is 12.1. The Kier molecular flexibility index (Phi) is 3.55. The van der Waals surface area contributed by atoms with Crippen molar-refractivity contribution in [3.05, 3.63) is 23.8 Å². The molecule has 5 heteroatoms. The molecular formula is C14H17NO4. The third-order valence-corrected chi connectivity index (χ3v) is 3.30. The molecule has 1 atom stereocenters. The van der Waals surface area contributed by atoms with E-state index in [0.29, 0.717) is 36.9 Å². The first kappa shape index (κ1) is 12.3. The lowest BCUT2D eigenvalue weighted by molar-refractivity contribution is 0.0624. The fourth-order valence-corrected chi connectivity index (χ4v) is 2.31. The number of ether oxygens (including phenoxy) is 3. The van der Waals surface area contributed by atoms with Crippen molar-refractivity contribution >= 4 is 5.91 Å². The molecule has 1 fully saturated rings. The normalized spacial score (nSPS) is 21.8. The van der Waals surface area contributed by atoms with E-state index in [-0.39, 0.29) is 11.9 Å². The molecule has 2 aliphatic rings. The molecule has 1 aromatic carbocycles. The van der Waals surface area contributed by atoms with Gasteiger partial charge in [-0.3, -0.25) is 4.79 Å². The standard InChI is InChI=1S/C14H17NO4/c16-14(15-11-2-1-5-17-9-11)10-3-4-12-13(8-10)19-7-6-18-12/h3-4,8,11H,1-2,5-7,9H2,(H,15,16)/t11-/m1/s1. The van der Waals surface area contributed by atoms with Gasteiger partial charge in [0, 0.05) is 12.2 Å². The van der Waals surface area contributed by atoms with Crippen LogP contribution in [0, 0.1) is 0 Å². The number of carbonyl (C=O) groups is 1. The summed E-state index contributed by atoms with van der Waals surface area (Å²) in [7, 11) is 0. The van der Waals surface area contributed by atoms with Crippen LogP contribution in [0.25, 0.3) is 0 Å². The van der Waals surface area contributed by atoms with Crippen LogP contribution in [-0.4, -0.2) is 38.4 Å². The summed E-state index contributed by atoms with van der Waals surface area (Å²) in [6.07, 6.45) is 1.96. The van der Waals surface area contributed by atoms with E-state index < -0.39 is 0 Å². The molecule has 1 amide bonds. The maximum atomic E-state index is 12.1. The first-order valence-electron chi connectivity index (χ1n) is 6.61. The van der Waals surface area contributed by atoms with Crippen molar-refractivity contribution in [3.63, 3.8) is 0 Å². The first-order valence-corrected chi connectivity index (χ1v) is 6.61. The van der Waals surface area contributed by atoms with Crippen LogP contribution in [0.4, 0.5) is 0 Å². The summed E-state index contributed by atoms with van der Waals surface area (Å²) in [5.41, 5.74) is 0.592. The molecule has 102 valence electrons. The number of nitrogens with one attached hydrogen (secondary N) is 1. The molecule has 0 bridgehead atoms. The quantitative estimate of drug-likeness (QED) is 0.875. The molecule has 1 N–H and O–H groups in total. The van der Waals surface area contributed by atoms with Gasteiger partial charge >= 0.3 is 0 Å². The smallest absolute Gasteiger partial charge is 0.251 e. The van der Waals surface area contributed by atoms with Gasteiger partial charge in [0.2, 0.25) is 0 Å². The number of fused-ring (bicyclic) bond motifs is 1. The van der Waals surface area contributed by atoms with Crippen LogP contribution >= 0.6 is 0 Å². The van der Waals surface area contributed by atoms with Crippen LogP contribution in [0.3, 0.4) is 0 Å². The zero-order valence-electron chi connectivity index (χ0n) is 10.7. The molecule has 0 radical (unpaired) electrons. The molecule has 19 heavy (non-hydrogen) atoms. The molecule has 0 saturated carbocycles. The average molecular weight is 263 g/mol. The van der Waals surface area contributed by atoms with E-state index in [1.54, 1.807) is 18.2 Å². The Balaban J connectivity index is 1.69. The van der Waals surface area contributed by atoms with Crippen molar-refractivity contribution in [2.45, 2.75) is 18.9 Å². The minimum atomic E-state index is -0.0903. The highest BCUT2D eigenvalue weighted by molar-refractivity contribution is 5.95. The highest BCUT2D eigenvalue weighted by Gasteiger charge is 2.19. The molecule has 0 aliphatic carbocycles. The van der Waals surface area contributed by atoms with Crippen LogP contribution in [0.5, 0.6) is 11.5 Å². The zero-order chi connectivity index (χ0) is 13.1. The maximum Gasteiger partial charge on any atom is 0.251 e. The number of carbonyl (C=O) groups excluding carboxylic acids is 1. The fraction of sp³-hybridized carbons (Fsp3) is 0.500. The van der Waals surface area contributed by atoms with Crippen molar-refractivity contribution in [2.75, 3.05) is 26.4 Å². The lowest BCUT2D eigenvalue weighted by Gasteiger charge is -2.23. The Labute approximate surface area is 111 Å². The summed E-state index contributed by atoms with van der Waals surface area (Å²) < 4.78 is 16.3. The van der Waals surface area contributed by atoms with Gasteiger partial charge in [-0.2, -0.15) is 0 Å². The summed E-state index contributed by atoms with van der Waals surface area (Å²) in [4.78, 5) is 12.1. The molecular weight excluding hydrogens is 246 g/mol. The summed E-state index contributed by atoms with van der Waals surface area (Å²) in [6.45, 7) is 2.46. The SMILES string of the molecule is O=C(N[C@@H]1CCCOC1)c1ccc2c(c1)OCCO2. The van der Waals surface area contributed by atoms with E-state index in [9.17, 15) is 4.79 Å². The summed E-state index contributed by atoms with van der Waals surface area (Å²) in [6, 6.07) is 5.37. The van der Waals surface area contributed by atoms with Crippen LogP contribution in [0.15, 0.2) is 18.2 Å². The second kappa shape index (κ2) is 5.48. The van der Waals surface area contributed by atoms with E-state index >= 15 is 0 Å². The third-order valence-electron chi connectivity index (χ3n) is 3.30. The fourth-order valence-electron chi connectivity index (χ4n) is 2.31. The highest BCUT2D eigenvalue weighted by Crippen LogP contribution is 2.30. The summed E-state index contributed by atoms with van der Waals surface area (Å²) >= 11 is 0. The van der Waals surface area contributed by atoms with Crippen LogP contribution in [0.1, 0.15) is 23.2 Å². The average Bonchev–Trinajstić information content (AvgIpc) is 2.48. The number of rotatable bonds is 2. The summed E-state index contributed by atoms with van der Waals surface area (Å²) in [5.74, 6) is 1.25. The molecule has 3 rings (SSSR count). The first-order chi connectivity index (χ1) is 9.33. The van der Waals surface area contributed by atoms with Crippen molar-refractivity contribution in [2.24, 2.45) is 0 Å². The van der Waals surface area contributed by atoms with E-state index in [1.807, 2.05) is 0 Å². The lowest BCUT2D eigenvalue weighted by Crippen LogP contribution is -2.40. The molecule has 1 saturated heterocycles. The number of hydrogen-bond acceptors (Lipinski definition) is 4. The predicted octanol–water partition coefficient (Wildman–Crippen LogP) is 1.37. The highest BCUT2D eigenvalue weighted by atomic mass is 16.6. The van der Waals surface area contributed by atoms with Crippen molar-refractivity contribution in [1.29, 1.82) is 0 Å². The van der Waals surface area contributed by atoms with E-state index in [2.05, 4.69) is 5.32 Å². The minimum Gasteiger partial charge on any atom is -0.486 e. The van der Waals surface area contributed by atoms with Crippen molar-refractivity contribution < 1.29 is 19.0 Å². The minimum absolute atomic E-state index is 0.0903. The van der Waals surface area contributed by atoms with Gasteiger partial charge in [-0.05, 0) is 31.0 Å². The Morgan fingerprint density at radius 2 is 2.00 bits per heavy atom. The van der Waals surface area contributed by atoms with Gasteiger partial charge in [-0.25, -0.2) is 0 Å². The van der Waals surface area contributed by atoms with Gasteiger partial charge in [0.15, 0.2) is 11.5 Å². The van der Waals surface area contributed by atoms with Gasteiger partial charge in [0.05, 0.1) is 12.6 Å². The number of hydrogen-bond donors (Lipinski definition) is 1. The Morgan fingerprint density at radius 1 is 1.16 bits per heavy atom. The molecule has 0 spiro atoms. The van der Waals surface area contributed by atoms with Crippen LogP contribution in [-0.2, 0) is 4.74 Å². The molecule has 1 aromatic rings. The molecule has 2 heterocycles. The number of benzene rings is 1. The second-order valence-electron chi connectivity index (χ2n) is 4.75. The Bertz CT molecular complexity index is 469. The van der Waals surface area contributed by atoms with Gasteiger partial charge in [-0.15, -0.1) is 0 Å². The van der Waals surface area contributed by atoms with Gasteiger partial charge < -0.3 is 19.5 Å². The van der Waals surface area contributed by atoms with Gasteiger partial charge in [0.1, 0.15) is 13.2 Å². The van der Waals surface area contributed by atoms with E-state index in [4.69, 9.17) is 14.2 Å². The largest absolute Gasteiger partial charge is 0.486 e. The molecule has 0 aromatic heterocycles. The number of amides is 1. The van der Waals surface area contributed by atoms with Crippen LogP contribution in [0.2, 0.25) is 0 Å². The Hall–Kier alpha value is -1.75. The van der Waals surface area contributed by atoms with Crippen LogP contribution < -0.4 is 14.8 Å². The van der Waals surface area contributed by atoms with Crippen molar-refractivity contribution in [3.8, 4) is 11.5 Å². The lowest BCUT2D eigenvalue weighted by atomic mass is 10.1. The molecule has 2 aliphatic heterocycles. The Morgan fingerprint density at radius 3 is 2.79 bits per heavy atom. The topological polar surface area (TPSA) is 56.8 Å². The van der Waals surface area contributed by atoms with E-state index in [1.165, 1.54) is 0 Å². The van der Waals surface area contributed by atoms with E-state index in [0.717, 1.165) is 19.4 Å². The third kappa shape index (κ3) is 2.81. The predicted molar refractivity (Wildman–Crippen MR) is 68.7 cm³/mol. The summed E-state index contributed by atoms with van der Waals surface area (Å²) in [5, 5.41) is 2.98. The van der Waals surface area contributed by atoms with Crippen molar-refractivity contribution in [1.82, 2.24) is 5.32 Å². The monoisotopic (exact) mass is 263 g/mol. The van der Waals surface area contributed by atoms with Gasteiger partial charge in [0.25, 0.3) is 5.91 Å². The zero-order valence-corrected chi connectivity index (χ0v) is 10.7. The molecule has 5 nitrogen and oxygen atoms in total. The molecule has 0 unspecified atom stereocenters. The second-order valence-corrected chi connectivity index (χ2v) is 4.75. The van der Waals surface area contributed by atoms with Gasteiger partial charge in [-0.1, -0.05) is 0 Å².